The van der Waals surface area contributed by atoms with Crippen molar-refractivity contribution in [3.63, 3.8) is 0 Å². The Kier molecular flexibility index (Phi) is 13.6. The third-order valence-corrected chi connectivity index (χ3v) is 5.33. The molecule has 1 aliphatic rings. The average Bonchev–Trinajstić information content (AvgIpc) is 2.65. The molecule has 0 aromatic carbocycles. The highest BCUT2D eigenvalue weighted by molar-refractivity contribution is 5.79. The van der Waals surface area contributed by atoms with Crippen molar-refractivity contribution in [1.29, 1.82) is 0 Å². The molecular formula is C21H45N5. The summed E-state index contributed by atoms with van der Waals surface area (Å²) in [5, 5.41) is 6.90. The molecule has 5 heteroatoms. The molecule has 26 heavy (non-hydrogen) atoms. The van der Waals surface area contributed by atoms with Gasteiger partial charge in [-0.25, -0.2) is 0 Å². The van der Waals surface area contributed by atoms with Crippen molar-refractivity contribution in [2.75, 3.05) is 59.4 Å². The van der Waals surface area contributed by atoms with Crippen molar-refractivity contribution in [3.05, 3.63) is 0 Å². The molecule has 1 heterocycles. The normalized spacial score (nSPS) is 17.0. The molecule has 5 nitrogen and oxygen atoms in total. The molecule has 0 atom stereocenters. The largest absolute Gasteiger partial charge is 0.356 e. The first-order valence-corrected chi connectivity index (χ1v) is 11.0. The lowest BCUT2D eigenvalue weighted by Gasteiger charge is -2.34. The molecule has 0 radical (unpaired) electrons. The summed E-state index contributed by atoms with van der Waals surface area (Å²) >= 11 is 0. The molecule has 0 aliphatic carbocycles. The third kappa shape index (κ3) is 11.7. The Balaban J connectivity index is 1.93. The van der Waals surface area contributed by atoms with Gasteiger partial charge in [-0.2, -0.15) is 0 Å². The number of hydrogen-bond acceptors (Lipinski definition) is 3. The summed E-state index contributed by atoms with van der Waals surface area (Å²) in [4.78, 5) is 9.48. The lowest BCUT2D eigenvalue weighted by molar-refractivity contribution is 0.136. The van der Waals surface area contributed by atoms with Gasteiger partial charge < -0.3 is 20.4 Å². The number of unbranched alkanes of at least 4 members (excludes halogenated alkanes) is 4. The van der Waals surface area contributed by atoms with E-state index in [9.17, 15) is 0 Å². The van der Waals surface area contributed by atoms with Gasteiger partial charge in [0.05, 0.1) is 0 Å². The summed E-state index contributed by atoms with van der Waals surface area (Å²) in [6.07, 6.45) is 9.14. The van der Waals surface area contributed by atoms with E-state index in [0.29, 0.717) is 0 Å². The second-order valence-electron chi connectivity index (χ2n) is 8.01. The van der Waals surface area contributed by atoms with Gasteiger partial charge in [0.1, 0.15) is 0 Å². The summed E-state index contributed by atoms with van der Waals surface area (Å²) in [6.45, 7) is 16.3. The first-order chi connectivity index (χ1) is 12.7. The smallest absolute Gasteiger partial charge is 0.190 e. The van der Waals surface area contributed by atoms with Crippen LogP contribution >= 0.6 is 0 Å². The number of likely N-dealkylation sites (N-methyl/N-ethyl adjacent to an activating group) is 1. The molecule has 0 aromatic heterocycles. The van der Waals surface area contributed by atoms with Crippen LogP contribution in [0.1, 0.15) is 65.7 Å². The van der Waals surface area contributed by atoms with E-state index in [-0.39, 0.29) is 0 Å². The predicted octanol–water partition coefficient (Wildman–Crippen LogP) is 3.18. The minimum atomic E-state index is 0.845. The molecule has 154 valence electrons. The quantitative estimate of drug-likeness (QED) is 0.298. The van der Waals surface area contributed by atoms with Gasteiger partial charge >= 0.3 is 0 Å². The van der Waals surface area contributed by atoms with Gasteiger partial charge in [-0.15, -0.1) is 0 Å². The summed E-state index contributed by atoms with van der Waals surface area (Å²) in [6, 6.07) is 0. The maximum atomic E-state index is 4.33. The van der Waals surface area contributed by atoms with E-state index in [1.165, 1.54) is 84.2 Å². The van der Waals surface area contributed by atoms with Crippen molar-refractivity contribution >= 4 is 5.96 Å². The lowest BCUT2D eigenvalue weighted by Crippen LogP contribution is -2.46. The second kappa shape index (κ2) is 15.3. The number of nitrogens with one attached hydrogen (secondary N) is 2. The van der Waals surface area contributed by atoms with Gasteiger partial charge in [0.2, 0.25) is 0 Å². The summed E-state index contributed by atoms with van der Waals surface area (Å²) in [5.74, 6) is 1.81. The topological polar surface area (TPSA) is 42.9 Å². The molecule has 0 amide bonds. The van der Waals surface area contributed by atoms with Gasteiger partial charge in [-0.05, 0) is 38.3 Å². The van der Waals surface area contributed by atoms with Crippen LogP contribution in [0.15, 0.2) is 4.99 Å². The minimum Gasteiger partial charge on any atom is -0.356 e. The molecule has 0 unspecified atom stereocenters. The molecule has 1 fully saturated rings. The van der Waals surface area contributed by atoms with Crippen molar-refractivity contribution in [2.24, 2.45) is 10.9 Å². The van der Waals surface area contributed by atoms with E-state index in [2.05, 4.69) is 46.2 Å². The van der Waals surface area contributed by atoms with Crippen LogP contribution in [0.25, 0.3) is 0 Å². The molecule has 1 aliphatic heterocycles. The van der Waals surface area contributed by atoms with E-state index in [1.807, 2.05) is 7.05 Å². The standard InChI is InChI=1S/C21H45N5/c1-5-25-16-18-26(19-17-25)15-11-10-14-24-21(22-4)23-13-9-7-6-8-12-20(2)3/h20H,5-19H2,1-4H3,(H2,22,23,24). The SMILES string of the molecule is CCN1CCN(CCCCNC(=NC)NCCCCCCC(C)C)CC1. The number of piperazine rings is 1. The zero-order chi connectivity index (χ0) is 19.0. The first kappa shape index (κ1) is 23.2. The Bertz CT molecular complexity index is 348. The highest BCUT2D eigenvalue weighted by Gasteiger charge is 2.14. The van der Waals surface area contributed by atoms with Gasteiger partial charge in [0.15, 0.2) is 5.96 Å². The van der Waals surface area contributed by atoms with E-state index in [1.54, 1.807) is 0 Å². The Morgan fingerprint density at radius 3 is 2.00 bits per heavy atom. The van der Waals surface area contributed by atoms with Gasteiger partial charge in [0.25, 0.3) is 0 Å². The van der Waals surface area contributed by atoms with Crippen molar-refractivity contribution in [1.82, 2.24) is 20.4 Å². The van der Waals surface area contributed by atoms with Gasteiger partial charge in [-0.3, -0.25) is 4.99 Å². The van der Waals surface area contributed by atoms with E-state index in [0.717, 1.165) is 25.0 Å². The zero-order valence-corrected chi connectivity index (χ0v) is 18.0. The van der Waals surface area contributed by atoms with Crippen LogP contribution in [-0.4, -0.2) is 75.2 Å². The van der Waals surface area contributed by atoms with Gasteiger partial charge in [-0.1, -0.05) is 46.5 Å². The number of hydrogen-bond donors (Lipinski definition) is 2. The fraction of sp³-hybridized carbons (Fsp3) is 0.952. The zero-order valence-electron chi connectivity index (χ0n) is 18.0. The first-order valence-electron chi connectivity index (χ1n) is 11.0. The molecular weight excluding hydrogens is 322 g/mol. The molecule has 0 aromatic rings. The number of nitrogens with zero attached hydrogens (tertiary/aromatic N) is 3. The van der Waals surface area contributed by atoms with Crippen LogP contribution in [0.4, 0.5) is 0 Å². The Hall–Kier alpha value is -0.810. The van der Waals surface area contributed by atoms with E-state index >= 15 is 0 Å². The fourth-order valence-electron chi connectivity index (χ4n) is 3.45. The third-order valence-electron chi connectivity index (χ3n) is 5.33. The van der Waals surface area contributed by atoms with Crippen molar-refractivity contribution < 1.29 is 0 Å². The van der Waals surface area contributed by atoms with Crippen LogP contribution in [-0.2, 0) is 0 Å². The maximum Gasteiger partial charge on any atom is 0.190 e. The molecule has 2 N–H and O–H groups in total. The van der Waals surface area contributed by atoms with Crippen LogP contribution in [0.5, 0.6) is 0 Å². The van der Waals surface area contributed by atoms with Crippen molar-refractivity contribution in [3.8, 4) is 0 Å². The minimum absolute atomic E-state index is 0.845. The van der Waals surface area contributed by atoms with Crippen LogP contribution in [0.2, 0.25) is 0 Å². The molecule has 0 spiro atoms. The molecule has 1 rings (SSSR count). The Morgan fingerprint density at radius 1 is 0.846 bits per heavy atom. The van der Waals surface area contributed by atoms with Crippen molar-refractivity contribution in [2.45, 2.75) is 65.7 Å². The predicted molar refractivity (Wildman–Crippen MR) is 115 cm³/mol. The maximum absolute atomic E-state index is 4.33. The fourth-order valence-corrected chi connectivity index (χ4v) is 3.45. The van der Waals surface area contributed by atoms with Crippen LogP contribution in [0.3, 0.4) is 0 Å². The summed E-state index contributed by atoms with van der Waals surface area (Å²) < 4.78 is 0. The highest BCUT2D eigenvalue weighted by Crippen LogP contribution is 2.09. The average molecular weight is 368 g/mol. The number of aliphatic imine (C=N–C) groups is 1. The molecule has 0 bridgehead atoms. The van der Waals surface area contributed by atoms with E-state index in [4.69, 9.17) is 0 Å². The van der Waals surface area contributed by atoms with E-state index < -0.39 is 0 Å². The van der Waals surface area contributed by atoms with Gasteiger partial charge in [0, 0.05) is 46.3 Å². The second-order valence-corrected chi connectivity index (χ2v) is 8.01. The monoisotopic (exact) mass is 367 g/mol. The van der Waals surface area contributed by atoms with Crippen LogP contribution < -0.4 is 10.6 Å². The Morgan fingerprint density at radius 2 is 1.42 bits per heavy atom. The van der Waals surface area contributed by atoms with Crippen LogP contribution in [0, 0.1) is 5.92 Å². The number of rotatable bonds is 13. The number of guanidine groups is 1. The lowest BCUT2D eigenvalue weighted by atomic mass is 10.0. The highest BCUT2D eigenvalue weighted by atomic mass is 15.3. The molecule has 1 saturated heterocycles. The molecule has 0 saturated carbocycles. The summed E-state index contributed by atoms with van der Waals surface area (Å²) in [5.41, 5.74) is 0. The Labute approximate surface area is 163 Å². The summed E-state index contributed by atoms with van der Waals surface area (Å²) in [7, 11) is 1.87.